The van der Waals surface area contributed by atoms with Gasteiger partial charge < -0.3 is 4.57 Å². The Morgan fingerprint density at radius 3 is 2.76 bits per heavy atom. The Kier molecular flexibility index (Phi) is 6.35. The summed E-state index contributed by atoms with van der Waals surface area (Å²) in [6.07, 6.45) is 9.17. The van der Waals surface area contributed by atoms with Crippen molar-refractivity contribution < 1.29 is 0 Å². The van der Waals surface area contributed by atoms with Crippen LogP contribution in [0.5, 0.6) is 0 Å². The van der Waals surface area contributed by atoms with Gasteiger partial charge in [-0.2, -0.15) is 0 Å². The molecule has 1 aliphatic carbocycles. The highest BCUT2D eigenvalue weighted by Gasteiger charge is 2.28. The summed E-state index contributed by atoms with van der Waals surface area (Å²) in [6.45, 7) is 4.14. The third kappa shape index (κ3) is 4.40. The van der Waals surface area contributed by atoms with Gasteiger partial charge in [-0.25, -0.2) is 0 Å². The molecule has 29 heavy (non-hydrogen) atoms. The number of nitrogens with zero attached hydrogens (tertiary/aromatic N) is 5. The van der Waals surface area contributed by atoms with E-state index in [-0.39, 0.29) is 0 Å². The summed E-state index contributed by atoms with van der Waals surface area (Å²) in [7, 11) is 2.08. The maximum Gasteiger partial charge on any atom is 0.163 e. The normalized spacial score (nSPS) is 16.2. The van der Waals surface area contributed by atoms with Gasteiger partial charge in [-0.3, -0.25) is 9.88 Å². The van der Waals surface area contributed by atoms with Crippen LogP contribution in [0.3, 0.4) is 0 Å². The molecule has 0 amide bonds. The van der Waals surface area contributed by atoms with E-state index in [9.17, 15) is 0 Å². The molecule has 1 atom stereocenters. The van der Waals surface area contributed by atoms with Crippen LogP contribution in [-0.4, -0.2) is 31.2 Å². The molecule has 0 aliphatic heterocycles. The molecule has 1 unspecified atom stereocenters. The van der Waals surface area contributed by atoms with Gasteiger partial charge in [0.2, 0.25) is 0 Å². The molecule has 4 rings (SSSR count). The lowest BCUT2D eigenvalue weighted by Crippen LogP contribution is -2.33. The monoisotopic (exact) mass is 389 g/mol. The fourth-order valence-electron chi connectivity index (χ4n) is 4.37. The van der Waals surface area contributed by atoms with Crippen LogP contribution in [0.15, 0.2) is 48.7 Å². The molecular weight excluding hydrogens is 358 g/mol. The molecule has 5 nitrogen and oxygen atoms in total. The van der Waals surface area contributed by atoms with Gasteiger partial charge in [0.15, 0.2) is 5.82 Å². The van der Waals surface area contributed by atoms with Crippen molar-refractivity contribution in [2.45, 2.75) is 58.0 Å². The molecule has 0 fully saturated rings. The standard InChI is InChI=1S/C24H31N5/c1-3-4-8-17-29(21-15-9-13-19-14-10-16-25-23(19)21)18-22-26-27-24(28(22)2)20-11-6-5-7-12-20/h5-7,10-12,14,16,21H,3-4,8-9,13,15,17-18H2,1-2H3. The lowest BCUT2D eigenvalue weighted by atomic mass is 9.90. The third-order valence-electron chi connectivity index (χ3n) is 6.00. The zero-order valence-corrected chi connectivity index (χ0v) is 17.6. The Balaban J connectivity index is 1.60. The molecular formula is C24H31N5. The zero-order chi connectivity index (χ0) is 20.1. The molecule has 0 N–H and O–H groups in total. The van der Waals surface area contributed by atoms with Crippen molar-refractivity contribution in [3.05, 3.63) is 65.7 Å². The molecule has 152 valence electrons. The molecule has 0 radical (unpaired) electrons. The van der Waals surface area contributed by atoms with Crippen molar-refractivity contribution in [1.82, 2.24) is 24.6 Å². The smallest absolute Gasteiger partial charge is 0.163 e. The van der Waals surface area contributed by atoms with E-state index in [2.05, 4.69) is 57.9 Å². The highest BCUT2D eigenvalue weighted by atomic mass is 15.3. The summed E-state index contributed by atoms with van der Waals surface area (Å²) >= 11 is 0. The van der Waals surface area contributed by atoms with Crippen LogP contribution in [0.1, 0.15) is 62.2 Å². The lowest BCUT2D eigenvalue weighted by Gasteiger charge is -2.34. The topological polar surface area (TPSA) is 46.8 Å². The van der Waals surface area contributed by atoms with E-state index in [0.717, 1.165) is 36.7 Å². The van der Waals surface area contributed by atoms with E-state index in [1.165, 1.54) is 43.4 Å². The summed E-state index contributed by atoms with van der Waals surface area (Å²) in [5, 5.41) is 9.06. The number of unbranched alkanes of at least 4 members (excludes halogenated alkanes) is 2. The van der Waals surface area contributed by atoms with E-state index in [1.54, 1.807) is 0 Å². The predicted octanol–water partition coefficient (Wildman–Crippen LogP) is 4.95. The Labute approximate surface area is 173 Å². The highest BCUT2D eigenvalue weighted by molar-refractivity contribution is 5.54. The first kappa shape index (κ1) is 19.8. The summed E-state index contributed by atoms with van der Waals surface area (Å²) < 4.78 is 2.14. The Morgan fingerprint density at radius 1 is 1.07 bits per heavy atom. The van der Waals surface area contributed by atoms with Crippen molar-refractivity contribution in [3.8, 4) is 11.4 Å². The van der Waals surface area contributed by atoms with Gasteiger partial charge in [0, 0.05) is 18.8 Å². The van der Waals surface area contributed by atoms with E-state index in [0.29, 0.717) is 6.04 Å². The Hall–Kier alpha value is -2.53. The fourth-order valence-corrected chi connectivity index (χ4v) is 4.37. The van der Waals surface area contributed by atoms with Crippen LogP contribution in [0.2, 0.25) is 0 Å². The number of hydrogen-bond acceptors (Lipinski definition) is 4. The first-order valence-corrected chi connectivity index (χ1v) is 10.9. The van der Waals surface area contributed by atoms with Gasteiger partial charge in [0.1, 0.15) is 5.82 Å². The highest BCUT2D eigenvalue weighted by Crippen LogP contribution is 2.34. The number of rotatable bonds is 8. The summed E-state index contributed by atoms with van der Waals surface area (Å²) in [5.74, 6) is 1.94. The molecule has 0 bridgehead atoms. The second-order valence-corrected chi connectivity index (χ2v) is 8.00. The van der Waals surface area contributed by atoms with E-state index in [1.807, 2.05) is 24.4 Å². The van der Waals surface area contributed by atoms with Crippen molar-refractivity contribution in [3.63, 3.8) is 0 Å². The number of aryl methyl sites for hydroxylation is 1. The fraction of sp³-hybridized carbons (Fsp3) is 0.458. The molecule has 1 aromatic carbocycles. The molecule has 5 heteroatoms. The van der Waals surface area contributed by atoms with Gasteiger partial charge in [0.25, 0.3) is 0 Å². The van der Waals surface area contributed by atoms with E-state index < -0.39 is 0 Å². The van der Waals surface area contributed by atoms with Crippen molar-refractivity contribution >= 4 is 0 Å². The average Bonchev–Trinajstić information content (AvgIpc) is 3.13. The first-order chi connectivity index (χ1) is 14.3. The van der Waals surface area contributed by atoms with Crippen LogP contribution in [0, 0.1) is 0 Å². The van der Waals surface area contributed by atoms with Crippen LogP contribution >= 0.6 is 0 Å². The molecule has 2 aromatic heterocycles. The van der Waals surface area contributed by atoms with Crippen LogP contribution < -0.4 is 0 Å². The van der Waals surface area contributed by atoms with Gasteiger partial charge >= 0.3 is 0 Å². The van der Waals surface area contributed by atoms with E-state index >= 15 is 0 Å². The van der Waals surface area contributed by atoms with Crippen LogP contribution in [0.4, 0.5) is 0 Å². The van der Waals surface area contributed by atoms with Crippen molar-refractivity contribution in [1.29, 1.82) is 0 Å². The predicted molar refractivity (Wildman–Crippen MR) is 116 cm³/mol. The largest absolute Gasteiger partial charge is 0.313 e. The maximum atomic E-state index is 4.78. The average molecular weight is 390 g/mol. The zero-order valence-electron chi connectivity index (χ0n) is 17.6. The van der Waals surface area contributed by atoms with Gasteiger partial charge in [-0.05, 0) is 43.9 Å². The second kappa shape index (κ2) is 9.31. The van der Waals surface area contributed by atoms with Crippen LogP contribution in [0.25, 0.3) is 11.4 Å². The molecule has 0 saturated heterocycles. The Morgan fingerprint density at radius 2 is 1.93 bits per heavy atom. The quantitative estimate of drug-likeness (QED) is 0.512. The number of hydrogen-bond donors (Lipinski definition) is 0. The van der Waals surface area contributed by atoms with Gasteiger partial charge in [-0.1, -0.05) is 56.2 Å². The number of benzene rings is 1. The molecule has 0 saturated carbocycles. The lowest BCUT2D eigenvalue weighted by molar-refractivity contribution is 0.157. The summed E-state index contributed by atoms with van der Waals surface area (Å²) in [6, 6.07) is 15.0. The molecule has 3 aromatic rings. The molecule has 2 heterocycles. The summed E-state index contributed by atoms with van der Waals surface area (Å²) in [5.41, 5.74) is 3.78. The van der Waals surface area contributed by atoms with Crippen molar-refractivity contribution in [2.24, 2.45) is 7.05 Å². The first-order valence-electron chi connectivity index (χ1n) is 10.9. The second-order valence-electron chi connectivity index (χ2n) is 8.00. The number of fused-ring (bicyclic) bond motifs is 1. The Bertz CT molecular complexity index is 918. The van der Waals surface area contributed by atoms with Crippen LogP contribution in [-0.2, 0) is 20.0 Å². The minimum absolute atomic E-state index is 0.369. The molecule has 0 spiro atoms. The third-order valence-corrected chi connectivity index (χ3v) is 6.00. The SMILES string of the molecule is CCCCCN(Cc1nnc(-c2ccccc2)n1C)C1CCCc2cccnc21. The number of aromatic nitrogens is 4. The molecule has 1 aliphatic rings. The minimum Gasteiger partial charge on any atom is -0.313 e. The van der Waals surface area contributed by atoms with Gasteiger partial charge in [0.05, 0.1) is 18.3 Å². The van der Waals surface area contributed by atoms with Crippen molar-refractivity contribution in [2.75, 3.05) is 6.54 Å². The number of pyridine rings is 1. The van der Waals surface area contributed by atoms with E-state index in [4.69, 9.17) is 4.98 Å². The summed E-state index contributed by atoms with van der Waals surface area (Å²) in [4.78, 5) is 7.36. The minimum atomic E-state index is 0.369. The maximum absolute atomic E-state index is 4.78. The van der Waals surface area contributed by atoms with Gasteiger partial charge in [-0.15, -0.1) is 10.2 Å².